The van der Waals surface area contributed by atoms with E-state index in [1.165, 1.54) is 0 Å². The lowest BCUT2D eigenvalue weighted by Gasteiger charge is -2.30. The van der Waals surface area contributed by atoms with Gasteiger partial charge >= 0.3 is 8.56 Å². The molecule has 2 aromatic rings. The van der Waals surface area contributed by atoms with E-state index in [-0.39, 0.29) is 0 Å². The lowest BCUT2D eigenvalue weighted by molar-refractivity contribution is 0.227. The molecule has 0 unspecified atom stereocenters. The SMILES string of the molecule is C/C=C/CO[Si](OC/C=C/C)(c1ccccc1)c1ccccc1. The molecule has 0 spiro atoms. The zero-order chi connectivity index (χ0) is 16.4. The smallest absolute Gasteiger partial charge is 0.384 e. The van der Waals surface area contributed by atoms with E-state index in [2.05, 4.69) is 24.3 Å². The van der Waals surface area contributed by atoms with Crippen LogP contribution in [-0.4, -0.2) is 21.8 Å². The first kappa shape index (κ1) is 17.4. The summed E-state index contributed by atoms with van der Waals surface area (Å²) in [6.45, 7) is 5.08. The Morgan fingerprint density at radius 1 is 0.696 bits per heavy atom. The van der Waals surface area contributed by atoms with E-state index in [9.17, 15) is 0 Å². The largest absolute Gasteiger partial charge is 0.407 e. The molecule has 0 aliphatic rings. The van der Waals surface area contributed by atoms with Crippen molar-refractivity contribution in [3.63, 3.8) is 0 Å². The van der Waals surface area contributed by atoms with Gasteiger partial charge in [0.2, 0.25) is 0 Å². The maximum Gasteiger partial charge on any atom is 0.407 e. The van der Waals surface area contributed by atoms with Gasteiger partial charge in [0.1, 0.15) is 0 Å². The molecule has 0 N–H and O–H groups in total. The Kier molecular flexibility index (Phi) is 7.00. The second-order valence-electron chi connectivity index (χ2n) is 5.11. The van der Waals surface area contributed by atoms with Crippen LogP contribution in [0, 0.1) is 0 Å². The normalized spacial score (nSPS) is 12.3. The molecule has 0 atom stereocenters. The fourth-order valence-corrected chi connectivity index (χ4v) is 5.39. The minimum absolute atomic E-state index is 0.544. The average Bonchev–Trinajstić information content (AvgIpc) is 2.62. The molecular formula is C20H24O2Si. The zero-order valence-electron chi connectivity index (χ0n) is 13.8. The standard InChI is InChI=1S/C20H24O2Si/c1-3-5-17-21-23(22-18-6-4-2,19-13-9-7-10-14-19)20-15-11-8-12-16-20/h3-16H,17-18H2,1-2H3/b5-3+,6-4+. The second-order valence-corrected chi connectivity index (χ2v) is 8.07. The first-order chi connectivity index (χ1) is 11.3. The molecule has 0 bridgehead atoms. The van der Waals surface area contributed by atoms with E-state index >= 15 is 0 Å². The van der Waals surface area contributed by atoms with Crippen LogP contribution in [-0.2, 0) is 8.85 Å². The van der Waals surface area contributed by atoms with Gasteiger partial charge in [-0.3, -0.25) is 0 Å². The molecule has 2 aromatic carbocycles. The van der Waals surface area contributed by atoms with Crippen molar-refractivity contribution in [1.29, 1.82) is 0 Å². The van der Waals surface area contributed by atoms with E-state index in [1.54, 1.807) is 0 Å². The first-order valence-corrected chi connectivity index (χ1v) is 9.76. The average molecular weight is 324 g/mol. The van der Waals surface area contributed by atoms with Gasteiger partial charge in [-0.1, -0.05) is 85.0 Å². The lowest BCUT2D eigenvalue weighted by atomic mass is 10.4. The van der Waals surface area contributed by atoms with Gasteiger partial charge in [0.25, 0.3) is 0 Å². The van der Waals surface area contributed by atoms with Crippen LogP contribution in [0.4, 0.5) is 0 Å². The highest BCUT2D eigenvalue weighted by molar-refractivity contribution is 6.92. The van der Waals surface area contributed by atoms with Crippen molar-refractivity contribution >= 4 is 18.9 Å². The van der Waals surface area contributed by atoms with Gasteiger partial charge in [-0.25, -0.2) is 0 Å². The minimum atomic E-state index is -2.72. The van der Waals surface area contributed by atoms with Gasteiger partial charge in [-0.2, -0.15) is 0 Å². The van der Waals surface area contributed by atoms with E-state index in [0.29, 0.717) is 13.2 Å². The summed E-state index contributed by atoms with van der Waals surface area (Å²) in [6, 6.07) is 20.6. The predicted molar refractivity (Wildman–Crippen MR) is 99.4 cm³/mol. The molecule has 23 heavy (non-hydrogen) atoms. The Balaban J connectivity index is 2.47. The summed E-state index contributed by atoms with van der Waals surface area (Å²) in [5.74, 6) is 0. The van der Waals surface area contributed by atoms with Crippen LogP contribution in [0.2, 0.25) is 0 Å². The minimum Gasteiger partial charge on any atom is -0.384 e. The van der Waals surface area contributed by atoms with Crippen molar-refractivity contribution in [2.45, 2.75) is 13.8 Å². The summed E-state index contributed by atoms with van der Waals surface area (Å²) in [7, 11) is -2.72. The Morgan fingerprint density at radius 3 is 1.43 bits per heavy atom. The van der Waals surface area contributed by atoms with Gasteiger partial charge < -0.3 is 8.85 Å². The summed E-state index contributed by atoms with van der Waals surface area (Å²) in [4.78, 5) is 0. The Morgan fingerprint density at radius 2 is 1.09 bits per heavy atom. The van der Waals surface area contributed by atoms with Crippen LogP contribution in [0.5, 0.6) is 0 Å². The quantitative estimate of drug-likeness (QED) is 0.547. The molecular weight excluding hydrogens is 300 g/mol. The van der Waals surface area contributed by atoms with Crippen LogP contribution in [0.3, 0.4) is 0 Å². The number of rotatable bonds is 8. The predicted octanol–water partition coefficient (Wildman–Crippen LogP) is 3.43. The van der Waals surface area contributed by atoms with Crippen molar-refractivity contribution in [1.82, 2.24) is 0 Å². The third-order valence-electron chi connectivity index (χ3n) is 3.54. The van der Waals surface area contributed by atoms with Crippen LogP contribution in [0.25, 0.3) is 0 Å². The van der Waals surface area contributed by atoms with Crippen molar-refractivity contribution in [2.24, 2.45) is 0 Å². The van der Waals surface area contributed by atoms with Gasteiger partial charge in [-0.15, -0.1) is 0 Å². The summed E-state index contributed by atoms with van der Waals surface area (Å²) in [6.07, 6.45) is 8.04. The molecule has 0 saturated carbocycles. The molecule has 0 aromatic heterocycles. The molecule has 0 radical (unpaired) electrons. The molecule has 2 nitrogen and oxygen atoms in total. The zero-order valence-corrected chi connectivity index (χ0v) is 14.8. The van der Waals surface area contributed by atoms with E-state index in [0.717, 1.165) is 10.4 Å². The molecule has 3 heteroatoms. The molecule has 120 valence electrons. The summed E-state index contributed by atoms with van der Waals surface area (Å²) in [5.41, 5.74) is 0. The van der Waals surface area contributed by atoms with Gasteiger partial charge in [0.15, 0.2) is 0 Å². The number of hydrogen-bond acceptors (Lipinski definition) is 2. The Hall–Kier alpha value is -1.94. The molecule has 0 fully saturated rings. The second kappa shape index (κ2) is 9.25. The van der Waals surface area contributed by atoms with Crippen molar-refractivity contribution < 1.29 is 8.85 Å². The molecule has 0 amide bonds. The summed E-state index contributed by atoms with van der Waals surface area (Å²) >= 11 is 0. The highest BCUT2D eigenvalue weighted by Crippen LogP contribution is 2.10. The fraction of sp³-hybridized carbons (Fsp3) is 0.200. The molecule has 0 saturated heterocycles. The van der Waals surface area contributed by atoms with Gasteiger partial charge in [0, 0.05) is 0 Å². The third-order valence-corrected chi connectivity index (χ3v) is 6.88. The molecule has 0 aliphatic heterocycles. The summed E-state index contributed by atoms with van der Waals surface area (Å²) < 4.78 is 12.8. The van der Waals surface area contributed by atoms with Gasteiger partial charge in [-0.05, 0) is 24.2 Å². The number of benzene rings is 2. The maximum atomic E-state index is 6.38. The van der Waals surface area contributed by atoms with Crippen LogP contribution < -0.4 is 10.4 Å². The number of allylic oxidation sites excluding steroid dienone is 2. The van der Waals surface area contributed by atoms with Crippen LogP contribution in [0.15, 0.2) is 85.0 Å². The van der Waals surface area contributed by atoms with Gasteiger partial charge in [0.05, 0.1) is 13.2 Å². The van der Waals surface area contributed by atoms with Crippen LogP contribution >= 0.6 is 0 Å². The van der Waals surface area contributed by atoms with Crippen molar-refractivity contribution in [3.05, 3.63) is 85.0 Å². The monoisotopic (exact) mass is 324 g/mol. The van der Waals surface area contributed by atoms with Crippen LogP contribution in [0.1, 0.15) is 13.8 Å². The molecule has 2 rings (SSSR count). The van der Waals surface area contributed by atoms with Crippen molar-refractivity contribution in [2.75, 3.05) is 13.2 Å². The third kappa shape index (κ3) is 4.52. The molecule has 0 heterocycles. The lowest BCUT2D eigenvalue weighted by Crippen LogP contribution is -2.63. The highest BCUT2D eigenvalue weighted by Gasteiger charge is 2.42. The Labute approximate surface area is 140 Å². The van der Waals surface area contributed by atoms with E-state index in [4.69, 9.17) is 8.85 Å². The molecule has 0 aliphatic carbocycles. The number of hydrogen-bond donors (Lipinski definition) is 0. The fourth-order valence-electron chi connectivity index (χ4n) is 2.38. The summed E-state index contributed by atoms with van der Waals surface area (Å²) in [5, 5.41) is 2.25. The van der Waals surface area contributed by atoms with E-state index < -0.39 is 8.56 Å². The van der Waals surface area contributed by atoms with Crippen molar-refractivity contribution in [3.8, 4) is 0 Å². The highest BCUT2D eigenvalue weighted by atomic mass is 28.4. The van der Waals surface area contributed by atoms with E-state index in [1.807, 2.05) is 74.5 Å². The topological polar surface area (TPSA) is 18.5 Å². The first-order valence-electron chi connectivity index (χ1n) is 7.94. The maximum absolute atomic E-state index is 6.38. The Bertz CT molecular complexity index is 563.